The Balaban J connectivity index is 1.67. The molecule has 0 saturated carbocycles. The molecule has 0 saturated heterocycles. The Labute approximate surface area is 200 Å². The van der Waals surface area contributed by atoms with Gasteiger partial charge < -0.3 is 20.5 Å². The van der Waals surface area contributed by atoms with Crippen LogP contribution in [0.4, 0.5) is 17.1 Å². The third-order valence-electron chi connectivity index (χ3n) is 6.16. The summed E-state index contributed by atoms with van der Waals surface area (Å²) in [4.78, 5) is 25.8. The van der Waals surface area contributed by atoms with E-state index >= 15 is 0 Å². The molecule has 0 amide bonds. The van der Waals surface area contributed by atoms with Crippen LogP contribution < -0.4 is 15.4 Å². The largest absolute Gasteiger partial charge is 0.500 e. The summed E-state index contributed by atoms with van der Waals surface area (Å²) in [7, 11) is 0. The number of ether oxygens (including phenoxy) is 1. The van der Waals surface area contributed by atoms with Crippen molar-refractivity contribution in [2.45, 2.75) is 31.7 Å². The minimum atomic E-state index is -0.651. The lowest BCUT2D eigenvalue weighted by molar-refractivity contribution is -0.386. The lowest BCUT2D eigenvalue weighted by Gasteiger charge is -2.29. The van der Waals surface area contributed by atoms with Crippen LogP contribution in [0.5, 0.6) is 11.5 Å². The average Bonchev–Trinajstić information content (AvgIpc) is 3.29. The van der Waals surface area contributed by atoms with Crippen molar-refractivity contribution in [3.63, 3.8) is 0 Å². The summed E-state index contributed by atoms with van der Waals surface area (Å²) in [5.74, 6) is -0.463. The number of nitrogens with zero attached hydrogens (tertiary/aromatic N) is 1. The van der Waals surface area contributed by atoms with Crippen molar-refractivity contribution >= 4 is 34.2 Å². The molecule has 0 bridgehead atoms. The molecule has 5 rings (SSSR count). The van der Waals surface area contributed by atoms with Gasteiger partial charge in [0.05, 0.1) is 28.9 Å². The van der Waals surface area contributed by atoms with Gasteiger partial charge in [-0.05, 0) is 48.6 Å². The molecule has 2 aliphatic rings. The third kappa shape index (κ3) is 3.88. The van der Waals surface area contributed by atoms with Gasteiger partial charge in [-0.3, -0.25) is 14.9 Å². The Kier molecular flexibility index (Phi) is 5.70. The fourth-order valence-corrected chi connectivity index (χ4v) is 5.48. The Bertz CT molecular complexity index is 1300. The number of phenols is 1. The molecular formula is C25H23N3O5S. The number of rotatable bonds is 5. The van der Waals surface area contributed by atoms with Crippen LogP contribution in [0.25, 0.3) is 0 Å². The number of aromatic hydroxyl groups is 1. The van der Waals surface area contributed by atoms with Crippen LogP contribution in [0.1, 0.15) is 42.2 Å². The minimum Gasteiger partial charge on any atom is -0.500 e. The second-order valence-corrected chi connectivity index (χ2v) is 9.24. The summed E-state index contributed by atoms with van der Waals surface area (Å²) >= 11 is 1.64. The van der Waals surface area contributed by atoms with Crippen LogP contribution >= 0.6 is 11.3 Å². The summed E-state index contributed by atoms with van der Waals surface area (Å²) in [6, 6.07) is 13.9. The van der Waals surface area contributed by atoms with Crippen molar-refractivity contribution in [2.24, 2.45) is 0 Å². The number of carbonyl (C=O) groups excluding carboxylic acids is 1. The maximum Gasteiger partial charge on any atom is 0.315 e. The highest BCUT2D eigenvalue weighted by atomic mass is 32.1. The number of fused-ring (bicyclic) bond motifs is 1. The first-order valence-corrected chi connectivity index (χ1v) is 11.9. The van der Waals surface area contributed by atoms with Crippen LogP contribution in [0.15, 0.2) is 65.2 Å². The zero-order chi connectivity index (χ0) is 23.8. The summed E-state index contributed by atoms with van der Waals surface area (Å²) in [5.41, 5.74) is 2.96. The van der Waals surface area contributed by atoms with E-state index in [1.807, 2.05) is 41.8 Å². The third-order valence-corrected chi connectivity index (χ3v) is 7.20. The lowest BCUT2D eigenvalue weighted by atomic mass is 9.80. The van der Waals surface area contributed by atoms with Crippen molar-refractivity contribution in [3.8, 4) is 11.5 Å². The summed E-state index contributed by atoms with van der Waals surface area (Å²) < 4.78 is 5.49. The number of thiophene rings is 1. The van der Waals surface area contributed by atoms with Gasteiger partial charge in [0.15, 0.2) is 11.5 Å². The molecular weight excluding hydrogens is 454 g/mol. The van der Waals surface area contributed by atoms with Crippen LogP contribution in [-0.2, 0) is 4.79 Å². The molecule has 1 aromatic heterocycles. The first-order valence-electron chi connectivity index (χ1n) is 11.0. The van der Waals surface area contributed by atoms with Gasteiger partial charge in [0.25, 0.3) is 0 Å². The number of anilines is 2. The molecule has 8 nitrogen and oxygen atoms in total. The van der Waals surface area contributed by atoms with Crippen molar-refractivity contribution in [3.05, 3.63) is 85.7 Å². The number of nitrogens with one attached hydrogen (secondary N) is 2. The highest BCUT2D eigenvalue weighted by Gasteiger charge is 2.37. The molecule has 2 heterocycles. The maximum absolute atomic E-state index is 13.6. The summed E-state index contributed by atoms with van der Waals surface area (Å²) in [5, 5.41) is 30.9. The molecule has 0 unspecified atom stereocenters. The topological polar surface area (TPSA) is 114 Å². The number of phenolic OH excluding ortho intramolecular Hbond substituents is 1. The van der Waals surface area contributed by atoms with E-state index < -0.39 is 22.4 Å². The normalized spacial score (nSPS) is 19.4. The van der Waals surface area contributed by atoms with E-state index in [-0.39, 0.29) is 24.1 Å². The molecule has 0 radical (unpaired) electrons. The zero-order valence-electron chi connectivity index (χ0n) is 18.4. The number of nitro benzene ring substituents is 1. The fraction of sp³-hybridized carbons (Fsp3) is 0.240. The molecule has 3 N–H and O–H groups in total. The number of ketones is 1. The predicted octanol–water partition coefficient (Wildman–Crippen LogP) is 5.74. The molecule has 2 aromatic carbocycles. The van der Waals surface area contributed by atoms with Crippen LogP contribution in [-0.4, -0.2) is 22.4 Å². The van der Waals surface area contributed by atoms with Crippen LogP contribution in [0.2, 0.25) is 0 Å². The first-order chi connectivity index (χ1) is 16.5. The number of benzene rings is 2. The molecule has 1 aliphatic carbocycles. The van der Waals surface area contributed by atoms with Gasteiger partial charge >= 0.3 is 5.69 Å². The van der Waals surface area contributed by atoms with Crippen molar-refractivity contribution in [2.75, 3.05) is 17.2 Å². The van der Waals surface area contributed by atoms with Gasteiger partial charge in [-0.25, -0.2) is 0 Å². The van der Waals surface area contributed by atoms with E-state index in [0.717, 1.165) is 21.9 Å². The molecule has 0 fully saturated rings. The SMILES string of the molecule is CCOc1cc([C@H]2Nc3ccccc3NC3=C2C(=O)C[C@@H](c2cccs2)C3)cc([N+](=O)[O-])c1O. The molecule has 34 heavy (non-hydrogen) atoms. The quantitative estimate of drug-likeness (QED) is 0.317. The highest BCUT2D eigenvalue weighted by Crippen LogP contribution is 2.47. The smallest absolute Gasteiger partial charge is 0.315 e. The van der Waals surface area contributed by atoms with E-state index in [1.54, 1.807) is 24.3 Å². The van der Waals surface area contributed by atoms with E-state index in [1.165, 1.54) is 6.07 Å². The minimum absolute atomic E-state index is 0.0147. The number of nitro groups is 1. The predicted molar refractivity (Wildman–Crippen MR) is 131 cm³/mol. The Morgan fingerprint density at radius 2 is 1.97 bits per heavy atom. The number of para-hydroxylation sites is 2. The first kappa shape index (κ1) is 22.0. The van der Waals surface area contributed by atoms with Crippen LogP contribution in [0.3, 0.4) is 0 Å². The van der Waals surface area contributed by atoms with Gasteiger partial charge in [-0.1, -0.05) is 18.2 Å². The second-order valence-electron chi connectivity index (χ2n) is 8.26. The van der Waals surface area contributed by atoms with Gasteiger partial charge in [0.2, 0.25) is 5.75 Å². The molecule has 0 spiro atoms. The van der Waals surface area contributed by atoms with Gasteiger partial charge in [0, 0.05) is 34.6 Å². The zero-order valence-corrected chi connectivity index (χ0v) is 19.2. The Hall–Kier alpha value is -3.85. The molecule has 2 atom stereocenters. The van der Waals surface area contributed by atoms with Gasteiger partial charge in [-0.2, -0.15) is 0 Å². The summed E-state index contributed by atoms with van der Waals surface area (Å²) in [6.07, 6.45) is 1.00. The molecule has 3 aromatic rings. The number of Topliss-reactive ketones (excluding diaryl/α,β-unsaturated/α-hetero) is 1. The fourth-order valence-electron chi connectivity index (χ4n) is 4.65. The van der Waals surface area contributed by atoms with Gasteiger partial charge in [0.1, 0.15) is 0 Å². The lowest BCUT2D eigenvalue weighted by Crippen LogP contribution is -2.26. The van der Waals surface area contributed by atoms with E-state index in [0.29, 0.717) is 24.0 Å². The van der Waals surface area contributed by atoms with Gasteiger partial charge in [-0.15, -0.1) is 11.3 Å². The number of hydrogen-bond donors (Lipinski definition) is 3. The van der Waals surface area contributed by atoms with Crippen molar-refractivity contribution in [1.82, 2.24) is 0 Å². The Morgan fingerprint density at radius 1 is 1.18 bits per heavy atom. The standard InChI is InChI=1S/C25H23N3O5S/c1-2-33-21-13-15(11-19(25(21)30)28(31)32)24-23-18(26-16-6-3-4-7-17(16)27-24)10-14(12-20(23)29)22-8-5-9-34-22/h3-9,11,13-14,24,26-27,30H,2,10,12H2,1H3/t14-,24+/m0/s1. The van der Waals surface area contributed by atoms with E-state index in [4.69, 9.17) is 4.74 Å². The van der Waals surface area contributed by atoms with Crippen LogP contribution in [0, 0.1) is 10.1 Å². The second kappa shape index (κ2) is 8.83. The molecule has 174 valence electrons. The summed E-state index contributed by atoms with van der Waals surface area (Å²) in [6.45, 7) is 1.96. The Morgan fingerprint density at radius 3 is 2.68 bits per heavy atom. The molecule has 1 aliphatic heterocycles. The molecule has 9 heteroatoms. The number of hydrogen-bond acceptors (Lipinski definition) is 8. The van der Waals surface area contributed by atoms with Crippen molar-refractivity contribution < 1.29 is 19.6 Å². The van der Waals surface area contributed by atoms with Crippen molar-refractivity contribution in [1.29, 1.82) is 0 Å². The number of carbonyl (C=O) groups is 1. The highest BCUT2D eigenvalue weighted by molar-refractivity contribution is 7.10. The average molecular weight is 478 g/mol. The monoisotopic (exact) mass is 477 g/mol. The maximum atomic E-state index is 13.6. The number of allylic oxidation sites excluding steroid dienone is 1. The van der Waals surface area contributed by atoms with E-state index in [2.05, 4.69) is 10.6 Å². The van der Waals surface area contributed by atoms with E-state index in [9.17, 15) is 20.0 Å².